The van der Waals surface area contributed by atoms with Gasteiger partial charge in [-0.1, -0.05) is 30.5 Å². The number of benzene rings is 1. The van der Waals surface area contributed by atoms with Gasteiger partial charge in [-0.25, -0.2) is 0 Å². The average molecular weight is 213 g/mol. The first-order chi connectivity index (χ1) is 6.34. The summed E-state index contributed by atoms with van der Waals surface area (Å²) < 4.78 is 0. The van der Waals surface area contributed by atoms with Crippen LogP contribution in [0.25, 0.3) is 0 Å². The molecular formula is C11H13ClS. The van der Waals surface area contributed by atoms with Gasteiger partial charge in [-0.15, -0.1) is 11.8 Å². The molecule has 1 saturated carbocycles. The van der Waals surface area contributed by atoms with Crippen molar-refractivity contribution in [1.82, 2.24) is 0 Å². The Morgan fingerprint density at radius 2 is 2.00 bits per heavy atom. The van der Waals surface area contributed by atoms with Crippen molar-refractivity contribution in [2.24, 2.45) is 0 Å². The number of rotatable bonds is 2. The molecule has 1 fully saturated rings. The topological polar surface area (TPSA) is 0 Å². The molecule has 0 unspecified atom stereocenters. The zero-order chi connectivity index (χ0) is 9.10. The molecule has 1 aromatic carbocycles. The van der Waals surface area contributed by atoms with Crippen molar-refractivity contribution in [2.45, 2.75) is 35.8 Å². The van der Waals surface area contributed by atoms with Crippen molar-refractivity contribution in [3.8, 4) is 0 Å². The Hall–Kier alpha value is -0.140. The van der Waals surface area contributed by atoms with Crippen molar-refractivity contribution in [3.05, 3.63) is 29.3 Å². The molecule has 1 aromatic rings. The monoisotopic (exact) mass is 212 g/mol. The number of halogens is 1. The molecule has 0 spiro atoms. The third-order valence-electron chi connectivity index (χ3n) is 2.40. The molecule has 13 heavy (non-hydrogen) atoms. The standard InChI is InChI=1S/C11H13ClS/c12-9-4-3-7-11(8-9)13-10-5-1-2-6-10/h3-4,7-8,10H,1-2,5-6H2. The Bertz CT molecular complexity index is 279. The maximum atomic E-state index is 5.92. The molecule has 1 aliphatic rings. The van der Waals surface area contributed by atoms with E-state index in [9.17, 15) is 0 Å². The van der Waals surface area contributed by atoms with Crippen LogP contribution in [0.2, 0.25) is 5.02 Å². The van der Waals surface area contributed by atoms with Crippen LogP contribution in [0, 0.1) is 0 Å². The van der Waals surface area contributed by atoms with Crippen LogP contribution >= 0.6 is 23.4 Å². The van der Waals surface area contributed by atoms with Gasteiger partial charge >= 0.3 is 0 Å². The fourth-order valence-corrected chi connectivity index (χ4v) is 3.30. The summed E-state index contributed by atoms with van der Waals surface area (Å²) >= 11 is 7.90. The summed E-state index contributed by atoms with van der Waals surface area (Å²) in [7, 11) is 0. The highest BCUT2D eigenvalue weighted by Gasteiger charge is 2.15. The smallest absolute Gasteiger partial charge is 0.0417 e. The van der Waals surface area contributed by atoms with Crippen LogP contribution in [0.5, 0.6) is 0 Å². The highest BCUT2D eigenvalue weighted by Crippen LogP contribution is 2.35. The highest BCUT2D eigenvalue weighted by atomic mass is 35.5. The number of thioether (sulfide) groups is 1. The van der Waals surface area contributed by atoms with Gasteiger partial charge in [-0.3, -0.25) is 0 Å². The molecule has 1 aliphatic carbocycles. The largest absolute Gasteiger partial charge is 0.123 e. The Morgan fingerprint density at radius 1 is 1.23 bits per heavy atom. The molecule has 0 amide bonds. The van der Waals surface area contributed by atoms with Crippen LogP contribution in [0.4, 0.5) is 0 Å². The second-order valence-corrected chi connectivity index (χ2v) is 5.29. The first kappa shape index (κ1) is 9.42. The molecule has 0 radical (unpaired) electrons. The summed E-state index contributed by atoms with van der Waals surface area (Å²) in [5.41, 5.74) is 0. The van der Waals surface area contributed by atoms with E-state index in [4.69, 9.17) is 11.6 Å². The SMILES string of the molecule is Clc1cccc(SC2CCCC2)c1. The Labute approximate surface area is 88.7 Å². The summed E-state index contributed by atoms with van der Waals surface area (Å²) in [6.07, 6.45) is 5.55. The van der Waals surface area contributed by atoms with Crippen molar-refractivity contribution in [3.63, 3.8) is 0 Å². The summed E-state index contributed by atoms with van der Waals surface area (Å²) in [5.74, 6) is 0. The quantitative estimate of drug-likeness (QED) is 0.702. The molecular weight excluding hydrogens is 200 g/mol. The lowest BCUT2D eigenvalue weighted by Crippen LogP contribution is -1.92. The maximum absolute atomic E-state index is 5.92. The zero-order valence-corrected chi connectivity index (χ0v) is 9.07. The van der Waals surface area contributed by atoms with Crippen molar-refractivity contribution in [2.75, 3.05) is 0 Å². The lowest BCUT2D eigenvalue weighted by Gasteiger charge is -2.08. The van der Waals surface area contributed by atoms with E-state index < -0.39 is 0 Å². The molecule has 0 saturated heterocycles. The van der Waals surface area contributed by atoms with E-state index >= 15 is 0 Å². The fraction of sp³-hybridized carbons (Fsp3) is 0.455. The molecule has 0 nitrogen and oxygen atoms in total. The van der Waals surface area contributed by atoms with Crippen molar-refractivity contribution >= 4 is 23.4 Å². The Balaban J connectivity index is 2.00. The van der Waals surface area contributed by atoms with Gasteiger partial charge in [0, 0.05) is 15.2 Å². The molecule has 0 aromatic heterocycles. The van der Waals surface area contributed by atoms with Gasteiger partial charge in [0.15, 0.2) is 0 Å². The second-order valence-electron chi connectivity index (χ2n) is 3.48. The molecule has 0 atom stereocenters. The lowest BCUT2D eigenvalue weighted by molar-refractivity contribution is 0.886. The molecule has 0 aliphatic heterocycles. The van der Waals surface area contributed by atoms with E-state index in [0.29, 0.717) is 0 Å². The minimum atomic E-state index is 0.832. The molecule has 0 bridgehead atoms. The van der Waals surface area contributed by atoms with Gasteiger partial charge in [0.25, 0.3) is 0 Å². The second kappa shape index (κ2) is 4.39. The fourth-order valence-electron chi connectivity index (χ4n) is 1.74. The molecule has 2 heteroatoms. The first-order valence-electron chi connectivity index (χ1n) is 4.77. The minimum absolute atomic E-state index is 0.832. The van der Waals surface area contributed by atoms with E-state index in [2.05, 4.69) is 12.1 Å². The number of hydrogen-bond acceptors (Lipinski definition) is 1. The van der Waals surface area contributed by atoms with Gasteiger partial charge < -0.3 is 0 Å². The normalized spacial score (nSPS) is 17.9. The van der Waals surface area contributed by atoms with Crippen LogP contribution in [0.1, 0.15) is 25.7 Å². The predicted molar refractivity (Wildman–Crippen MR) is 59.6 cm³/mol. The molecule has 0 heterocycles. The van der Waals surface area contributed by atoms with Gasteiger partial charge in [0.05, 0.1) is 0 Å². The van der Waals surface area contributed by atoms with Crippen LogP contribution in [-0.4, -0.2) is 5.25 Å². The molecule has 70 valence electrons. The summed E-state index contributed by atoms with van der Waals surface area (Å²) in [4.78, 5) is 1.32. The van der Waals surface area contributed by atoms with Gasteiger partial charge in [-0.2, -0.15) is 0 Å². The molecule has 2 rings (SSSR count). The predicted octanol–water partition coefficient (Wildman–Crippen LogP) is 4.37. The third kappa shape index (κ3) is 2.65. The van der Waals surface area contributed by atoms with E-state index in [1.165, 1.54) is 30.6 Å². The van der Waals surface area contributed by atoms with Crippen LogP contribution in [0.15, 0.2) is 29.2 Å². The first-order valence-corrected chi connectivity index (χ1v) is 6.02. The summed E-state index contributed by atoms with van der Waals surface area (Å²) in [6.45, 7) is 0. The lowest BCUT2D eigenvalue weighted by atomic mass is 10.4. The highest BCUT2D eigenvalue weighted by molar-refractivity contribution is 8.00. The minimum Gasteiger partial charge on any atom is -0.123 e. The maximum Gasteiger partial charge on any atom is 0.0417 e. The number of hydrogen-bond donors (Lipinski definition) is 0. The molecule has 0 N–H and O–H groups in total. The van der Waals surface area contributed by atoms with E-state index in [0.717, 1.165) is 10.3 Å². The van der Waals surface area contributed by atoms with Gasteiger partial charge in [0.1, 0.15) is 0 Å². The summed E-state index contributed by atoms with van der Waals surface area (Å²) in [6, 6.07) is 8.17. The van der Waals surface area contributed by atoms with Crippen LogP contribution in [0.3, 0.4) is 0 Å². The Kier molecular flexibility index (Phi) is 3.18. The van der Waals surface area contributed by atoms with Crippen molar-refractivity contribution < 1.29 is 0 Å². The van der Waals surface area contributed by atoms with E-state index in [-0.39, 0.29) is 0 Å². The van der Waals surface area contributed by atoms with Crippen molar-refractivity contribution in [1.29, 1.82) is 0 Å². The third-order valence-corrected chi connectivity index (χ3v) is 3.97. The Morgan fingerprint density at radius 3 is 2.69 bits per heavy atom. The van der Waals surface area contributed by atoms with Crippen LogP contribution < -0.4 is 0 Å². The summed E-state index contributed by atoms with van der Waals surface area (Å²) in [5, 5.41) is 1.68. The average Bonchev–Trinajstić information content (AvgIpc) is 2.57. The zero-order valence-electron chi connectivity index (χ0n) is 7.50. The van der Waals surface area contributed by atoms with Gasteiger partial charge in [-0.05, 0) is 31.0 Å². The van der Waals surface area contributed by atoms with E-state index in [1.54, 1.807) is 0 Å². The van der Waals surface area contributed by atoms with Crippen LogP contribution in [-0.2, 0) is 0 Å². The van der Waals surface area contributed by atoms with E-state index in [1.807, 2.05) is 23.9 Å². The van der Waals surface area contributed by atoms with Gasteiger partial charge in [0.2, 0.25) is 0 Å².